The van der Waals surface area contributed by atoms with E-state index >= 15 is 0 Å². The first-order chi connectivity index (χ1) is 11.0. The number of hydrogen-bond acceptors (Lipinski definition) is 3. The molecular formula is C18H14ClFO3. The van der Waals surface area contributed by atoms with Crippen LogP contribution in [0.1, 0.15) is 22.8 Å². The van der Waals surface area contributed by atoms with Gasteiger partial charge in [0.05, 0.1) is 0 Å². The molecule has 0 N–H and O–H groups in total. The lowest BCUT2D eigenvalue weighted by Crippen LogP contribution is -2.23. The van der Waals surface area contributed by atoms with Crippen molar-refractivity contribution in [1.29, 1.82) is 0 Å². The lowest BCUT2D eigenvalue weighted by Gasteiger charge is -2.10. The maximum Gasteiger partial charge on any atom is 0.331 e. The molecule has 118 valence electrons. The van der Waals surface area contributed by atoms with E-state index in [0.29, 0.717) is 5.02 Å². The number of carbonyl (C=O) groups is 2. The van der Waals surface area contributed by atoms with Crippen LogP contribution in [-0.4, -0.2) is 17.9 Å². The van der Waals surface area contributed by atoms with Crippen LogP contribution in [0.15, 0.2) is 54.6 Å². The molecule has 0 aliphatic heterocycles. The Labute approximate surface area is 138 Å². The van der Waals surface area contributed by atoms with Crippen LogP contribution in [0.5, 0.6) is 0 Å². The van der Waals surface area contributed by atoms with Crippen molar-refractivity contribution >= 4 is 29.4 Å². The summed E-state index contributed by atoms with van der Waals surface area (Å²) >= 11 is 5.84. The molecule has 0 spiro atoms. The van der Waals surface area contributed by atoms with Crippen molar-refractivity contribution in [2.75, 3.05) is 0 Å². The zero-order valence-corrected chi connectivity index (χ0v) is 13.1. The number of rotatable bonds is 5. The molecule has 2 aromatic carbocycles. The zero-order valence-electron chi connectivity index (χ0n) is 12.3. The monoisotopic (exact) mass is 332 g/mol. The number of ether oxygens (including phenoxy) is 1. The largest absolute Gasteiger partial charge is 0.451 e. The summed E-state index contributed by atoms with van der Waals surface area (Å²) in [6, 6.07) is 12.0. The average molecular weight is 333 g/mol. The molecule has 0 fully saturated rings. The van der Waals surface area contributed by atoms with Gasteiger partial charge in [-0.3, -0.25) is 4.79 Å². The van der Waals surface area contributed by atoms with E-state index in [1.165, 1.54) is 37.3 Å². The summed E-state index contributed by atoms with van der Waals surface area (Å²) in [5.74, 6) is -1.47. The fourth-order valence-corrected chi connectivity index (χ4v) is 2.09. The van der Waals surface area contributed by atoms with Crippen LogP contribution >= 0.6 is 11.6 Å². The molecule has 0 radical (unpaired) electrons. The number of halogens is 2. The molecule has 5 heteroatoms. The van der Waals surface area contributed by atoms with Crippen molar-refractivity contribution in [2.45, 2.75) is 13.0 Å². The number of Topliss-reactive ketones (excluding diaryl/α,β-unsaturated/α-hetero) is 1. The van der Waals surface area contributed by atoms with Crippen LogP contribution < -0.4 is 0 Å². The SMILES string of the molecule is C[C@H](OC(=O)/C=C/c1cccc(Cl)c1)C(=O)c1ccc(F)cc1. The fourth-order valence-electron chi connectivity index (χ4n) is 1.89. The Balaban J connectivity index is 1.96. The van der Waals surface area contributed by atoms with Gasteiger partial charge in [0.25, 0.3) is 0 Å². The van der Waals surface area contributed by atoms with Gasteiger partial charge in [0, 0.05) is 16.7 Å². The second kappa shape index (κ2) is 7.70. The van der Waals surface area contributed by atoms with Crippen molar-refractivity contribution < 1.29 is 18.7 Å². The van der Waals surface area contributed by atoms with E-state index in [9.17, 15) is 14.0 Å². The van der Waals surface area contributed by atoms with Crippen molar-refractivity contribution in [3.8, 4) is 0 Å². The number of ketones is 1. The third-order valence-corrected chi connectivity index (χ3v) is 3.29. The van der Waals surface area contributed by atoms with Crippen LogP contribution in [0.2, 0.25) is 5.02 Å². The first kappa shape index (κ1) is 16.9. The van der Waals surface area contributed by atoms with Crippen LogP contribution in [0.4, 0.5) is 4.39 Å². The Hall–Kier alpha value is -2.46. The van der Waals surface area contributed by atoms with Crippen molar-refractivity contribution in [3.05, 3.63) is 76.6 Å². The van der Waals surface area contributed by atoms with Gasteiger partial charge in [0.2, 0.25) is 5.78 Å². The molecule has 1 atom stereocenters. The molecule has 0 aromatic heterocycles. The summed E-state index contributed by atoms with van der Waals surface area (Å²) in [5, 5.41) is 0.556. The normalized spacial score (nSPS) is 12.1. The third-order valence-electron chi connectivity index (χ3n) is 3.05. The van der Waals surface area contributed by atoms with Gasteiger partial charge in [-0.15, -0.1) is 0 Å². The maximum absolute atomic E-state index is 12.8. The summed E-state index contributed by atoms with van der Waals surface area (Å²) in [6.45, 7) is 1.47. The number of esters is 1. The summed E-state index contributed by atoms with van der Waals surface area (Å²) in [4.78, 5) is 23.8. The molecule has 0 aliphatic carbocycles. The van der Waals surface area contributed by atoms with Crippen LogP contribution in [-0.2, 0) is 9.53 Å². The van der Waals surface area contributed by atoms with Gasteiger partial charge in [-0.1, -0.05) is 23.7 Å². The zero-order chi connectivity index (χ0) is 16.8. The van der Waals surface area contributed by atoms with Gasteiger partial charge in [0.1, 0.15) is 5.82 Å². The molecule has 23 heavy (non-hydrogen) atoms. The van der Waals surface area contributed by atoms with Gasteiger partial charge < -0.3 is 4.74 Å². The fraction of sp³-hybridized carbons (Fsp3) is 0.111. The summed E-state index contributed by atoms with van der Waals surface area (Å²) < 4.78 is 17.9. The lowest BCUT2D eigenvalue weighted by atomic mass is 10.1. The summed E-state index contributed by atoms with van der Waals surface area (Å²) in [6.07, 6.45) is 1.81. The van der Waals surface area contributed by atoms with Crippen LogP contribution in [0, 0.1) is 5.82 Å². The third kappa shape index (κ3) is 5.04. The quantitative estimate of drug-likeness (QED) is 0.465. The van der Waals surface area contributed by atoms with E-state index in [-0.39, 0.29) is 5.56 Å². The Bertz CT molecular complexity index is 738. The Morgan fingerprint density at radius 2 is 1.87 bits per heavy atom. The predicted octanol–water partition coefficient (Wildman–Crippen LogP) is 4.31. The molecular weight excluding hydrogens is 319 g/mol. The van der Waals surface area contributed by atoms with E-state index < -0.39 is 23.7 Å². The van der Waals surface area contributed by atoms with E-state index in [4.69, 9.17) is 16.3 Å². The second-order valence-corrected chi connectivity index (χ2v) is 5.28. The highest BCUT2D eigenvalue weighted by molar-refractivity contribution is 6.30. The van der Waals surface area contributed by atoms with E-state index in [0.717, 1.165) is 5.56 Å². The van der Waals surface area contributed by atoms with Crippen LogP contribution in [0.25, 0.3) is 6.08 Å². The van der Waals surface area contributed by atoms with Gasteiger partial charge in [0.15, 0.2) is 6.10 Å². The minimum Gasteiger partial charge on any atom is -0.451 e. The molecule has 2 rings (SSSR count). The molecule has 3 nitrogen and oxygen atoms in total. The number of benzene rings is 2. The van der Waals surface area contributed by atoms with Gasteiger partial charge in [-0.2, -0.15) is 0 Å². The van der Waals surface area contributed by atoms with Crippen molar-refractivity contribution in [3.63, 3.8) is 0 Å². The lowest BCUT2D eigenvalue weighted by molar-refractivity contribution is -0.140. The topological polar surface area (TPSA) is 43.4 Å². The number of carbonyl (C=O) groups excluding carboxylic acids is 2. The average Bonchev–Trinajstić information content (AvgIpc) is 2.53. The molecule has 0 saturated heterocycles. The molecule has 0 heterocycles. The Morgan fingerprint density at radius 1 is 1.17 bits per heavy atom. The highest BCUT2D eigenvalue weighted by Crippen LogP contribution is 2.12. The molecule has 2 aromatic rings. The van der Waals surface area contributed by atoms with E-state index in [1.54, 1.807) is 30.3 Å². The highest BCUT2D eigenvalue weighted by atomic mass is 35.5. The van der Waals surface area contributed by atoms with Crippen molar-refractivity contribution in [2.24, 2.45) is 0 Å². The Morgan fingerprint density at radius 3 is 2.52 bits per heavy atom. The van der Waals surface area contributed by atoms with Gasteiger partial charge in [-0.25, -0.2) is 9.18 Å². The molecule has 0 aliphatic rings. The highest BCUT2D eigenvalue weighted by Gasteiger charge is 2.18. The predicted molar refractivity (Wildman–Crippen MR) is 86.8 cm³/mol. The van der Waals surface area contributed by atoms with Crippen LogP contribution in [0.3, 0.4) is 0 Å². The Kier molecular flexibility index (Phi) is 5.66. The standard InChI is InChI=1S/C18H14ClFO3/c1-12(18(22)14-6-8-16(20)9-7-14)23-17(21)10-5-13-3-2-4-15(19)11-13/h2-12H,1H3/b10-5+/t12-/m0/s1. The van der Waals surface area contributed by atoms with E-state index in [2.05, 4.69) is 0 Å². The van der Waals surface area contributed by atoms with E-state index in [1.807, 2.05) is 0 Å². The van der Waals surface area contributed by atoms with Crippen molar-refractivity contribution in [1.82, 2.24) is 0 Å². The summed E-state index contributed by atoms with van der Waals surface area (Å²) in [5.41, 5.74) is 1.03. The first-order valence-electron chi connectivity index (χ1n) is 6.90. The molecule has 0 saturated carbocycles. The minimum absolute atomic E-state index is 0.283. The molecule has 0 bridgehead atoms. The van der Waals surface area contributed by atoms with Gasteiger partial charge >= 0.3 is 5.97 Å². The number of hydrogen-bond donors (Lipinski definition) is 0. The maximum atomic E-state index is 12.8. The van der Waals surface area contributed by atoms with Gasteiger partial charge in [-0.05, 0) is 55.0 Å². The first-order valence-corrected chi connectivity index (χ1v) is 7.27. The second-order valence-electron chi connectivity index (χ2n) is 4.84. The molecule has 0 unspecified atom stereocenters. The summed E-state index contributed by atoms with van der Waals surface area (Å²) in [7, 11) is 0. The molecule has 0 amide bonds. The smallest absolute Gasteiger partial charge is 0.331 e. The minimum atomic E-state index is -0.961.